The number of benzene rings is 1. The van der Waals surface area contributed by atoms with Crippen molar-refractivity contribution >= 4 is 34.9 Å². The maximum absolute atomic E-state index is 12.0. The molecule has 1 spiro atoms. The highest BCUT2D eigenvalue weighted by Crippen LogP contribution is 2.45. The summed E-state index contributed by atoms with van der Waals surface area (Å²) in [6, 6.07) is 6.50. The lowest BCUT2D eigenvalue weighted by atomic mass is 9.86. The van der Waals surface area contributed by atoms with E-state index in [1.165, 1.54) is 16.6 Å². The van der Waals surface area contributed by atoms with Crippen LogP contribution in [0, 0.1) is 0 Å². The molecule has 1 aromatic carbocycles. The Balaban J connectivity index is 1.80. The summed E-state index contributed by atoms with van der Waals surface area (Å²) in [7, 11) is 6.28. The van der Waals surface area contributed by atoms with Crippen LogP contribution in [-0.2, 0) is 16.0 Å². The van der Waals surface area contributed by atoms with Gasteiger partial charge in [0.25, 0.3) is 0 Å². The van der Waals surface area contributed by atoms with Crippen LogP contribution in [-0.4, -0.2) is 79.1 Å². The maximum Gasteiger partial charge on any atom is 0.150 e. The van der Waals surface area contributed by atoms with Crippen molar-refractivity contribution in [3.05, 3.63) is 65.6 Å². The monoisotopic (exact) mass is 608 g/mol. The number of carbonyl (C=O) groups excluding carboxylic acids is 1. The van der Waals surface area contributed by atoms with E-state index in [0.717, 1.165) is 74.7 Å². The van der Waals surface area contributed by atoms with Gasteiger partial charge in [0, 0.05) is 46.8 Å². The van der Waals surface area contributed by atoms with Crippen molar-refractivity contribution < 1.29 is 14.3 Å². The Bertz CT molecular complexity index is 1310. The summed E-state index contributed by atoms with van der Waals surface area (Å²) in [4.78, 5) is 14.4. The fourth-order valence-corrected chi connectivity index (χ4v) is 7.47. The molecule has 0 radical (unpaired) electrons. The molecule has 2 aromatic rings. The van der Waals surface area contributed by atoms with E-state index in [1.54, 1.807) is 12.1 Å². The molecule has 1 fully saturated rings. The summed E-state index contributed by atoms with van der Waals surface area (Å²) in [5.74, 6) is 1.19. The Kier molecular flexibility index (Phi) is 12.1. The first-order valence-electron chi connectivity index (χ1n) is 16.0. The number of carbonyl (C=O) groups is 1. The van der Waals surface area contributed by atoms with E-state index in [2.05, 4.69) is 84.2 Å². The van der Waals surface area contributed by atoms with Crippen LogP contribution in [0.4, 0.5) is 0 Å². The molecule has 2 aliphatic heterocycles. The third-order valence-electron chi connectivity index (χ3n) is 8.97. The Morgan fingerprint density at radius 3 is 2.65 bits per heavy atom. The molecule has 0 saturated carbocycles. The van der Waals surface area contributed by atoms with Crippen LogP contribution >= 0.6 is 12.1 Å². The molecule has 0 aliphatic carbocycles. The van der Waals surface area contributed by atoms with E-state index in [-0.39, 0.29) is 0 Å². The van der Waals surface area contributed by atoms with Crippen molar-refractivity contribution in [1.29, 1.82) is 0 Å². The van der Waals surface area contributed by atoms with Gasteiger partial charge in [-0.25, -0.2) is 4.31 Å². The smallest absolute Gasteiger partial charge is 0.150 e. The van der Waals surface area contributed by atoms with E-state index in [9.17, 15) is 4.79 Å². The zero-order valence-corrected chi connectivity index (χ0v) is 28.0. The minimum Gasteiger partial charge on any atom is -0.490 e. The maximum atomic E-state index is 12.0. The number of nitrogens with zero attached hydrogens (tertiary/aromatic N) is 3. The molecule has 1 N–H and O–H groups in total. The van der Waals surface area contributed by atoms with Crippen LogP contribution < -0.4 is 4.72 Å². The first-order valence-corrected chi connectivity index (χ1v) is 16.7. The number of nitrogens with one attached hydrogen (secondary N) is 1. The van der Waals surface area contributed by atoms with E-state index in [1.807, 2.05) is 19.2 Å². The molecular formula is C35H52N4O3S. The zero-order valence-electron chi connectivity index (χ0n) is 27.2. The highest BCUT2D eigenvalue weighted by molar-refractivity contribution is 7.95. The second-order valence-electron chi connectivity index (χ2n) is 12.1. The predicted octanol–water partition coefficient (Wildman–Crippen LogP) is 7.21. The second-order valence-corrected chi connectivity index (χ2v) is 13.3. The minimum atomic E-state index is -0.492. The number of hydrogen-bond acceptors (Lipinski definition) is 7. The summed E-state index contributed by atoms with van der Waals surface area (Å²) < 4.78 is 21.2. The molecule has 236 valence electrons. The SMILES string of the molecule is C=C/C1=C(\C=C/C)c2c(C(CCC)CCC)c3ccc(C=O)cc3n2CC2(CO1)CC(N(C)CCCN(C)SNC)CO2. The van der Waals surface area contributed by atoms with Crippen LogP contribution in [0.25, 0.3) is 16.5 Å². The van der Waals surface area contributed by atoms with Gasteiger partial charge in [0.2, 0.25) is 0 Å². The largest absolute Gasteiger partial charge is 0.490 e. The molecule has 1 aromatic heterocycles. The second kappa shape index (κ2) is 15.6. The summed E-state index contributed by atoms with van der Waals surface area (Å²) in [6.45, 7) is 14.6. The number of rotatable bonds is 15. The van der Waals surface area contributed by atoms with E-state index < -0.39 is 5.60 Å². The normalized spacial score (nSPS) is 22.6. The summed E-state index contributed by atoms with van der Waals surface area (Å²) in [5.41, 5.74) is 4.90. The lowest BCUT2D eigenvalue weighted by Gasteiger charge is -2.34. The molecule has 2 unspecified atom stereocenters. The number of aromatic nitrogens is 1. The molecule has 2 aliphatic rings. The van der Waals surface area contributed by atoms with Gasteiger partial charge in [-0.1, -0.05) is 57.6 Å². The predicted molar refractivity (Wildman–Crippen MR) is 181 cm³/mol. The first-order chi connectivity index (χ1) is 20.8. The van der Waals surface area contributed by atoms with Crippen LogP contribution in [0.2, 0.25) is 0 Å². The van der Waals surface area contributed by atoms with E-state index >= 15 is 0 Å². The van der Waals surface area contributed by atoms with Gasteiger partial charge in [-0.2, -0.15) is 0 Å². The molecule has 8 heteroatoms. The van der Waals surface area contributed by atoms with Gasteiger partial charge in [-0.3, -0.25) is 9.52 Å². The topological polar surface area (TPSA) is 59.0 Å². The standard InChI is InChI=1S/C35H52N4O3S/c1-8-13-27(14-9-2)33-29-17-16-26(22-40)20-31(29)39-24-35(25-41-32(11-4)30(15-10-3)34(33)39)21-28(23-42-35)37(6)18-12-19-38(7)43-36-5/h10-11,15-17,20,22,27-28,36H,4,8-9,12-14,18-19,21,23-25H2,1-3,5-7H3/b15-10-,32-30-. The summed E-state index contributed by atoms with van der Waals surface area (Å²) in [5, 5.41) is 1.23. The van der Waals surface area contributed by atoms with Gasteiger partial charge in [0.05, 0.1) is 18.8 Å². The number of fused-ring (bicyclic) bond motifs is 3. The molecule has 0 bridgehead atoms. The van der Waals surface area contributed by atoms with E-state index in [0.29, 0.717) is 37.3 Å². The molecule has 1 saturated heterocycles. The number of hydrogen-bond donors (Lipinski definition) is 1. The van der Waals surface area contributed by atoms with Crippen molar-refractivity contribution in [2.75, 3.05) is 47.4 Å². The average Bonchev–Trinajstić information content (AvgIpc) is 3.55. The molecule has 4 rings (SSSR count). The highest BCUT2D eigenvalue weighted by Gasteiger charge is 2.45. The van der Waals surface area contributed by atoms with Crippen molar-refractivity contribution in [3.8, 4) is 0 Å². The number of likely N-dealkylation sites (N-methyl/N-ethyl adjacent to an activating group) is 1. The van der Waals surface area contributed by atoms with Crippen molar-refractivity contribution in [2.24, 2.45) is 0 Å². The summed E-state index contributed by atoms with van der Waals surface area (Å²) >= 11 is 1.63. The third kappa shape index (κ3) is 7.48. The molecule has 2 atom stereocenters. The third-order valence-corrected chi connectivity index (χ3v) is 9.64. The quantitative estimate of drug-likeness (QED) is 0.169. The number of ether oxygens (including phenoxy) is 2. The van der Waals surface area contributed by atoms with Gasteiger partial charge in [0.1, 0.15) is 24.3 Å². The van der Waals surface area contributed by atoms with Crippen molar-refractivity contribution in [1.82, 2.24) is 18.5 Å². The molecule has 3 heterocycles. The average molecular weight is 609 g/mol. The molecule has 7 nitrogen and oxygen atoms in total. The van der Waals surface area contributed by atoms with Crippen LogP contribution in [0.5, 0.6) is 0 Å². The van der Waals surface area contributed by atoms with Crippen LogP contribution in [0.15, 0.2) is 48.8 Å². The number of aldehydes is 1. The van der Waals surface area contributed by atoms with E-state index in [4.69, 9.17) is 9.47 Å². The van der Waals surface area contributed by atoms with Crippen LogP contribution in [0.1, 0.15) is 86.8 Å². The van der Waals surface area contributed by atoms with Crippen molar-refractivity contribution in [2.45, 2.75) is 83.4 Å². The van der Waals surface area contributed by atoms with Gasteiger partial charge in [0.15, 0.2) is 0 Å². The fraction of sp³-hybridized carbons (Fsp3) is 0.571. The van der Waals surface area contributed by atoms with Gasteiger partial charge < -0.3 is 18.9 Å². The Hall–Kier alpha value is -2.36. The lowest BCUT2D eigenvalue weighted by Crippen LogP contribution is -2.42. The zero-order chi connectivity index (χ0) is 31.0. The van der Waals surface area contributed by atoms with Gasteiger partial charge >= 0.3 is 0 Å². The Labute approximate surface area is 263 Å². The minimum absolute atomic E-state index is 0.305. The lowest BCUT2D eigenvalue weighted by molar-refractivity contribution is -0.0577. The highest BCUT2D eigenvalue weighted by atomic mass is 32.2. The van der Waals surface area contributed by atoms with Crippen LogP contribution in [0.3, 0.4) is 0 Å². The molecular weight excluding hydrogens is 556 g/mol. The summed E-state index contributed by atoms with van der Waals surface area (Å²) in [6.07, 6.45) is 13.5. The first kappa shape index (κ1) is 33.5. The number of allylic oxidation sites excluding steroid dienone is 4. The van der Waals surface area contributed by atoms with Crippen molar-refractivity contribution in [3.63, 3.8) is 0 Å². The fourth-order valence-electron chi connectivity index (χ4n) is 6.94. The van der Waals surface area contributed by atoms with Gasteiger partial charge in [-0.05, 0) is 83.9 Å². The Morgan fingerprint density at radius 2 is 2.00 bits per heavy atom. The molecule has 43 heavy (non-hydrogen) atoms. The Morgan fingerprint density at radius 1 is 1.23 bits per heavy atom. The molecule has 0 amide bonds. The van der Waals surface area contributed by atoms with Gasteiger partial charge in [-0.15, -0.1) is 0 Å².